The van der Waals surface area contributed by atoms with Crippen LogP contribution in [0.25, 0.3) is 0 Å². The van der Waals surface area contributed by atoms with Gasteiger partial charge in [-0.15, -0.1) is 0 Å². The van der Waals surface area contributed by atoms with E-state index < -0.39 is 0 Å². The minimum absolute atomic E-state index is 0.116. The van der Waals surface area contributed by atoms with Gasteiger partial charge in [-0.3, -0.25) is 4.79 Å². The van der Waals surface area contributed by atoms with Gasteiger partial charge in [-0.05, 0) is 55.7 Å². The number of pyridine rings is 1. The average Bonchev–Trinajstić information content (AvgIpc) is 3.18. The van der Waals surface area contributed by atoms with Crippen LogP contribution < -0.4 is 15.5 Å². The average molecular weight is 338 g/mol. The zero-order chi connectivity index (χ0) is 17.5. The molecule has 1 amide bonds. The summed E-state index contributed by atoms with van der Waals surface area (Å²) in [6, 6.07) is 12.1. The third kappa shape index (κ3) is 4.72. The number of benzene rings is 1. The molecule has 0 bridgehead atoms. The number of aromatic nitrogens is 1. The quantitative estimate of drug-likeness (QED) is 0.751. The van der Waals surface area contributed by atoms with Crippen molar-refractivity contribution in [3.8, 4) is 0 Å². The van der Waals surface area contributed by atoms with Crippen molar-refractivity contribution in [2.75, 3.05) is 29.9 Å². The van der Waals surface area contributed by atoms with Crippen molar-refractivity contribution in [3.05, 3.63) is 48.3 Å². The van der Waals surface area contributed by atoms with Crippen LogP contribution in [0.5, 0.6) is 0 Å². The highest BCUT2D eigenvalue weighted by molar-refractivity contribution is 5.92. The third-order valence-corrected chi connectivity index (χ3v) is 4.44. The monoisotopic (exact) mass is 338 g/mol. The Morgan fingerprint density at radius 3 is 2.44 bits per heavy atom. The van der Waals surface area contributed by atoms with Crippen LogP contribution in [-0.2, 0) is 0 Å². The number of rotatable bonds is 7. The fourth-order valence-electron chi connectivity index (χ4n) is 2.97. The maximum absolute atomic E-state index is 12.0. The van der Waals surface area contributed by atoms with Crippen LogP contribution in [0.1, 0.15) is 43.1 Å². The van der Waals surface area contributed by atoms with Crippen molar-refractivity contribution in [3.63, 3.8) is 0 Å². The Bertz CT molecular complexity index is 676. The molecule has 0 spiro atoms. The van der Waals surface area contributed by atoms with Gasteiger partial charge < -0.3 is 15.5 Å². The first kappa shape index (κ1) is 17.3. The van der Waals surface area contributed by atoms with Crippen LogP contribution in [0.2, 0.25) is 0 Å². The topological polar surface area (TPSA) is 57.3 Å². The van der Waals surface area contributed by atoms with E-state index in [-0.39, 0.29) is 5.91 Å². The predicted octanol–water partition coefficient (Wildman–Crippen LogP) is 3.96. The van der Waals surface area contributed by atoms with Gasteiger partial charge in [0.25, 0.3) is 5.91 Å². The molecule has 0 aliphatic carbocycles. The van der Waals surface area contributed by atoms with Gasteiger partial charge in [0.2, 0.25) is 0 Å². The molecule has 2 heterocycles. The molecule has 0 radical (unpaired) electrons. The first-order valence-corrected chi connectivity index (χ1v) is 9.12. The Kier molecular flexibility index (Phi) is 5.88. The highest BCUT2D eigenvalue weighted by Gasteiger charge is 2.12. The standard InChI is InChI=1S/C20H26N4O/c1-2-3-12-21-20(25)19-11-8-17(15-22-19)23-16-6-9-18(10-7-16)24-13-4-5-14-24/h6-11,15,23H,2-5,12-14H2,1H3,(H,21,25). The number of nitrogens with one attached hydrogen (secondary N) is 2. The smallest absolute Gasteiger partial charge is 0.269 e. The summed E-state index contributed by atoms with van der Waals surface area (Å²) < 4.78 is 0. The zero-order valence-electron chi connectivity index (χ0n) is 14.8. The molecular formula is C20H26N4O. The number of carbonyl (C=O) groups is 1. The predicted molar refractivity (Wildman–Crippen MR) is 103 cm³/mol. The lowest BCUT2D eigenvalue weighted by Gasteiger charge is -2.18. The molecule has 1 aromatic heterocycles. The van der Waals surface area contributed by atoms with E-state index in [0.717, 1.165) is 37.3 Å². The second kappa shape index (κ2) is 8.51. The van der Waals surface area contributed by atoms with E-state index in [1.165, 1.54) is 18.5 Å². The first-order valence-electron chi connectivity index (χ1n) is 9.12. The molecule has 2 N–H and O–H groups in total. The maximum Gasteiger partial charge on any atom is 0.269 e. The number of unbranched alkanes of at least 4 members (excludes halogenated alkanes) is 1. The second-order valence-corrected chi connectivity index (χ2v) is 6.41. The summed E-state index contributed by atoms with van der Waals surface area (Å²) in [5.74, 6) is -0.116. The molecule has 0 unspecified atom stereocenters. The van der Waals surface area contributed by atoms with E-state index >= 15 is 0 Å². The van der Waals surface area contributed by atoms with Crippen LogP contribution in [0.4, 0.5) is 17.1 Å². The molecule has 0 atom stereocenters. The molecule has 5 heteroatoms. The largest absolute Gasteiger partial charge is 0.372 e. The highest BCUT2D eigenvalue weighted by Crippen LogP contribution is 2.23. The lowest BCUT2D eigenvalue weighted by Crippen LogP contribution is -2.25. The Morgan fingerprint density at radius 1 is 1.08 bits per heavy atom. The van der Waals surface area contributed by atoms with Crippen molar-refractivity contribution in [2.24, 2.45) is 0 Å². The minimum atomic E-state index is -0.116. The first-order chi connectivity index (χ1) is 12.3. The normalized spacial score (nSPS) is 13.7. The minimum Gasteiger partial charge on any atom is -0.372 e. The van der Waals surface area contributed by atoms with Gasteiger partial charge in [-0.25, -0.2) is 4.98 Å². The van der Waals surface area contributed by atoms with Crippen LogP contribution in [-0.4, -0.2) is 30.5 Å². The molecule has 5 nitrogen and oxygen atoms in total. The van der Waals surface area contributed by atoms with Crippen molar-refractivity contribution < 1.29 is 4.79 Å². The molecule has 0 saturated carbocycles. The molecular weight excluding hydrogens is 312 g/mol. The van der Waals surface area contributed by atoms with Crippen LogP contribution in [0.15, 0.2) is 42.6 Å². The lowest BCUT2D eigenvalue weighted by molar-refractivity contribution is 0.0948. The zero-order valence-corrected chi connectivity index (χ0v) is 14.8. The van der Waals surface area contributed by atoms with Gasteiger partial charge >= 0.3 is 0 Å². The SMILES string of the molecule is CCCCNC(=O)c1ccc(Nc2ccc(N3CCCC3)cc2)cn1. The summed E-state index contributed by atoms with van der Waals surface area (Å²) in [4.78, 5) is 18.6. The lowest BCUT2D eigenvalue weighted by atomic mass is 10.2. The van der Waals surface area contributed by atoms with Crippen molar-refractivity contribution in [1.82, 2.24) is 10.3 Å². The van der Waals surface area contributed by atoms with Crippen molar-refractivity contribution in [1.29, 1.82) is 0 Å². The number of hydrogen-bond acceptors (Lipinski definition) is 4. The summed E-state index contributed by atoms with van der Waals surface area (Å²) in [5, 5.41) is 6.20. The fourth-order valence-corrected chi connectivity index (χ4v) is 2.97. The molecule has 1 aliphatic rings. The summed E-state index contributed by atoms with van der Waals surface area (Å²) in [5.41, 5.74) is 3.62. The summed E-state index contributed by atoms with van der Waals surface area (Å²) in [6.45, 7) is 5.10. The Labute approximate surface area is 149 Å². The van der Waals surface area contributed by atoms with E-state index in [2.05, 4.69) is 51.7 Å². The Hall–Kier alpha value is -2.56. The maximum atomic E-state index is 12.0. The number of nitrogens with zero attached hydrogens (tertiary/aromatic N) is 2. The van der Waals surface area contributed by atoms with E-state index in [0.29, 0.717) is 12.2 Å². The second-order valence-electron chi connectivity index (χ2n) is 6.41. The fraction of sp³-hybridized carbons (Fsp3) is 0.400. The molecule has 1 fully saturated rings. The van der Waals surface area contributed by atoms with Gasteiger partial charge in [-0.2, -0.15) is 0 Å². The summed E-state index contributed by atoms with van der Waals surface area (Å²) in [7, 11) is 0. The highest BCUT2D eigenvalue weighted by atomic mass is 16.1. The molecule has 1 aromatic carbocycles. The van der Waals surface area contributed by atoms with E-state index in [4.69, 9.17) is 0 Å². The summed E-state index contributed by atoms with van der Waals surface area (Å²) >= 11 is 0. The van der Waals surface area contributed by atoms with Crippen LogP contribution in [0, 0.1) is 0 Å². The molecule has 3 rings (SSSR count). The van der Waals surface area contributed by atoms with Gasteiger partial charge in [0.1, 0.15) is 5.69 Å². The van der Waals surface area contributed by atoms with E-state index in [1.807, 2.05) is 6.07 Å². The third-order valence-electron chi connectivity index (χ3n) is 4.44. The van der Waals surface area contributed by atoms with Crippen molar-refractivity contribution in [2.45, 2.75) is 32.6 Å². The molecule has 2 aromatic rings. The van der Waals surface area contributed by atoms with Gasteiger partial charge in [0.15, 0.2) is 0 Å². The molecule has 1 saturated heterocycles. The number of anilines is 3. The van der Waals surface area contributed by atoms with Crippen molar-refractivity contribution >= 4 is 23.0 Å². The van der Waals surface area contributed by atoms with E-state index in [1.54, 1.807) is 12.3 Å². The van der Waals surface area contributed by atoms with Gasteiger partial charge in [-0.1, -0.05) is 13.3 Å². The summed E-state index contributed by atoms with van der Waals surface area (Å²) in [6.07, 6.45) is 6.31. The van der Waals surface area contributed by atoms with E-state index in [9.17, 15) is 4.79 Å². The Morgan fingerprint density at radius 2 is 1.80 bits per heavy atom. The van der Waals surface area contributed by atoms with Crippen LogP contribution >= 0.6 is 0 Å². The van der Waals surface area contributed by atoms with Crippen LogP contribution in [0.3, 0.4) is 0 Å². The molecule has 25 heavy (non-hydrogen) atoms. The van der Waals surface area contributed by atoms with Gasteiger partial charge in [0.05, 0.1) is 11.9 Å². The molecule has 132 valence electrons. The number of carbonyl (C=O) groups excluding carboxylic acids is 1. The Balaban J connectivity index is 1.56. The van der Waals surface area contributed by atoms with Gasteiger partial charge in [0, 0.05) is 31.0 Å². The number of amides is 1. The number of hydrogen-bond donors (Lipinski definition) is 2. The molecule has 1 aliphatic heterocycles.